The van der Waals surface area contributed by atoms with Gasteiger partial charge in [0.05, 0.1) is 23.8 Å². The van der Waals surface area contributed by atoms with Crippen LogP contribution in [0.1, 0.15) is 27.0 Å². The first-order valence-electron chi connectivity index (χ1n) is 9.13. The number of aromatic nitrogens is 2. The van der Waals surface area contributed by atoms with Crippen molar-refractivity contribution >= 4 is 17.5 Å². The van der Waals surface area contributed by atoms with Crippen LogP contribution in [0.15, 0.2) is 54.9 Å². The van der Waals surface area contributed by atoms with E-state index in [1.807, 2.05) is 12.1 Å². The van der Waals surface area contributed by atoms with E-state index in [1.54, 1.807) is 56.2 Å². The molecule has 3 rings (SSSR count). The zero-order valence-electron chi connectivity index (χ0n) is 16.9. The molecule has 2 aromatic carbocycles. The van der Waals surface area contributed by atoms with Crippen LogP contribution in [-0.4, -0.2) is 27.6 Å². The van der Waals surface area contributed by atoms with E-state index in [1.165, 1.54) is 18.3 Å². The van der Waals surface area contributed by atoms with E-state index in [4.69, 9.17) is 9.47 Å². The van der Waals surface area contributed by atoms with Crippen LogP contribution in [0.2, 0.25) is 0 Å². The average molecular weight is 407 g/mol. The van der Waals surface area contributed by atoms with Gasteiger partial charge in [0.2, 0.25) is 0 Å². The Morgan fingerprint density at radius 2 is 2.07 bits per heavy atom. The lowest BCUT2D eigenvalue weighted by Gasteiger charge is -2.12. The lowest BCUT2D eigenvalue weighted by Crippen LogP contribution is -2.00. The van der Waals surface area contributed by atoms with Crippen molar-refractivity contribution in [2.24, 2.45) is 7.05 Å². The monoisotopic (exact) mass is 407 g/mol. The van der Waals surface area contributed by atoms with Crippen molar-refractivity contribution in [3.8, 4) is 11.5 Å². The number of ether oxygens (including phenoxy) is 2. The number of benzene rings is 2. The lowest BCUT2D eigenvalue weighted by molar-refractivity contribution is -0.385. The number of rotatable bonds is 8. The van der Waals surface area contributed by atoms with Crippen LogP contribution in [0.4, 0.5) is 5.69 Å². The van der Waals surface area contributed by atoms with Crippen molar-refractivity contribution in [3.63, 3.8) is 0 Å². The van der Waals surface area contributed by atoms with Gasteiger partial charge < -0.3 is 9.47 Å². The molecule has 0 amide bonds. The van der Waals surface area contributed by atoms with E-state index in [-0.39, 0.29) is 18.1 Å². The molecule has 154 valence electrons. The second-order valence-corrected chi connectivity index (χ2v) is 6.67. The van der Waals surface area contributed by atoms with Gasteiger partial charge in [-0.05, 0) is 42.8 Å². The second-order valence-electron chi connectivity index (χ2n) is 6.67. The highest BCUT2D eigenvalue weighted by molar-refractivity contribution is 6.06. The number of aryl methyl sites for hydroxylation is 2. The zero-order chi connectivity index (χ0) is 21.7. The molecule has 8 nitrogen and oxygen atoms in total. The molecule has 3 aromatic rings. The number of allylic oxidation sites excluding steroid dienone is 1. The molecule has 1 heterocycles. The molecule has 0 aliphatic carbocycles. The number of carbonyl (C=O) groups is 1. The molecule has 8 heteroatoms. The number of methoxy groups -OCH3 is 1. The number of hydrogen-bond acceptors (Lipinski definition) is 6. The molecule has 0 aliphatic heterocycles. The van der Waals surface area contributed by atoms with Crippen LogP contribution in [0.25, 0.3) is 6.08 Å². The maximum Gasteiger partial charge on any atom is 0.272 e. The molecule has 0 spiro atoms. The maximum atomic E-state index is 12.2. The van der Waals surface area contributed by atoms with Crippen molar-refractivity contribution in [1.82, 2.24) is 9.78 Å². The minimum absolute atomic E-state index is 0.0466. The Morgan fingerprint density at radius 1 is 1.27 bits per heavy atom. The molecular formula is C22H21N3O5. The minimum atomic E-state index is -0.426. The first-order chi connectivity index (χ1) is 14.4. The molecule has 1 aromatic heterocycles. The van der Waals surface area contributed by atoms with Crippen LogP contribution < -0.4 is 9.47 Å². The summed E-state index contributed by atoms with van der Waals surface area (Å²) >= 11 is 0. The van der Waals surface area contributed by atoms with Crippen LogP contribution in [0, 0.1) is 17.0 Å². The fourth-order valence-corrected chi connectivity index (χ4v) is 2.92. The number of carbonyl (C=O) groups excluding carboxylic acids is 1. The first kappa shape index (κ1) is 20.8. The summed E-state index contributed by atoms with van der Waals surface area (Å²) in [5, 5.41) is 14.9. The molecule has 0 aliphatic rings. The number of nitrogens with zero attached hydrogens (tertiary/aromatic N) is 3. The molecule has 0 bridgehead atoms. The third-order valence-electron chi connectivity index (χ3n) is 4.48. The van der Waals surface area contributed by atoms with E-state index in [2.05, 4.69) is 5.10 Å². The summed E-state index contributed by atoms with van der Waals surface area (Å²) in [6.07, 6.45) is 6.38. The molecule has 0 saturated carbocycles. The maximum absolute atomic E-state index is 12.2. The van der Waals surface area contributed by atoms with Gasteiger partial charge in [0, 0.05) is 30.4 Å². The number of nitro groups is 1. The largest absolute Gasteiger partial charge is 0.496 e. The Bertz CT molecular complexity index is 1120. The number of hydrogen-bond donors (Lipinski definition) is 0. The third kappa shape index (κ3) is 4.91. The van der Waals surface area contributed by atoms with Crippen molar-refractivity contribution in [1.29, 1.82) is 0 Å². The molecule has 0 saturated heterocycles. The van der Waals surface area contributed by atoms with E-state index < -0.39 is 4.92 Å². The zero-order valence-corrected chi connectivity index (χ0v) is 16.9. The SMILES string of the molecule is COc1ccc(/C=C/C(=O)c2cnn(C)c2)cc1COc1ccc([N+](=O)[O-])c(C)c1. The smallest absolute Gasteiger partial charge is 0.272 e. The Hall–Kier alpha value is -3.94. The highest BCUT2D eigenvalue weighted by atomic mass is 16.6. The van der Waals surface area contributed by atoms with E-state index in [0.717, 1.165) is 11.1 Å². The quantitative estimate of drug-likeness (QED) is 0.241. The molecule has 0 unspecified atom stereocenters. The minimum Gasteiger partial charge on any atom is -0.496 e. The summed E-state index contributed by atoms with van der Waals surface area (Å²) < 4.78 is 12.8. The first-order valence-corrected chi connectivity index (χ1v) is 9.13. The predicted molar refractivity (Wildman–Crippen MR) is 112 cm³/mol. The van der Waals surface area contributed by atoms with Gasteiger partial charge in [0.25, 0.3) is 5.69 Å². The van der Waals surface area contributed by atoms with Gasteiger partial charge in [0.1, 0.15) is 18.1 Å². The van der Waals surface area contributed by atoms with E-state index in [9.17, 15) is 14.9 Å². The van der Waals surface area contributed by atoms with Crippen molar-refractivity contribution in [2.75, 3.05) is 7.11 Å². The van der Waals surface area contributed by atoms with Gasteiger partial charge >= 0.3 is 0 Å². The molecule has 0 N–H and O–H groups in total. The summed E-state index contributed by atoms with van der Waals surface area (Å²) in [6, 6.07) is 10.1. The Labute approximate surface area is 173 Å². The van der Waals surface area contributed by atoms with Crippen molar-refractivity contribution < 1.29 is 19.2 Å². The fourth-order valence-electron chi connectivity index (χ4n) is 2.92. The second kappa shape index (κ2) is 9.04. The molecule has 30 heavy (non-hydrogen) atoms. The highest BCUT2D eigenvalue weighted by Gasteiger charge is 2.12. The van der Waals surface area contributed by atoms with Crippen molar-refractivity contribution in [2.45, 2.75) is 13.5 Å². The number of nitro benzene ring substituents is 1. The Morgan fingerprint density at radius 3 is 2.70 bits per heavy atom. The average Bonchev–Trinajstić information content (AvgIpc) is 3.16. The Kier molecular flexibility index (Phi) is 6.26. The van der Waals surface area contributed by atoms with Crippen molar-refractivity contribution in [3.05, 3.63) is 87.2 Å². The summed E-state index contributed by atoms with van der Waals surface area (Å²) in [5.74, 6) is 1.02. The standard InChI is InChI=1S/C22H21N3O5/c1-15-10-19(6-7-20(15)25(27)28)30-14-17-11-16(5-9-22(17)29-3)4-8-21(26)18-12-23-24(2)13-18/h4-13H,14H2,1-3H3/b8-4+. The topological polar surface area (TPSA) is 96.5 Å². The van der Waals surface area contributed by atoms with Gasteiger partial charge in [-0.25, -0.2) is 0 Å². The molecule has 0 atom stereocenters. The summed E-state index contributed by atoms with van der Waals surface area (Å²) in [6.45, 7) is 1.87. The van der Waals surface area contributed by atoms with E-state index >= 15 is 0 Å². The van der Waals surface area contributed by atoms with Crippen LogP contribution in [-0.2, 0) is 13.7 Å². The third-order valence-corrected chi connectivity index (χ3v) is 4.48. The van der Waals surface area contributed by atoms with Gasteiger partial charge in [-0.1, -0.05) is 12.1 Å². The molecular weight excluding hydrogens is 386 g/mol. The summed E-state index contributed by atoms with van der Waals surface area (Å²) in [7, 11) is 3.32. The van der Waals surface area contributed by atoms with Gasteiger partial charge in [-0.15, -0.1) is 0 Å². The van der Waals surface area contributed by atoms with E-state index in [0.29, 0.717) is 22.6 Å². The van der Waals surface area contributed by atoms with Crippen LogP contribution >= 0.6 is 0 Å². The fraction of sp³-hybridized carbons (Fsp3) is 0.182. The summed E-state index contributed by atoms with van der Waals surface area (Å²) in [4.78, 5) is 22.7. The molecule has 0 fully saturated rings. The lowest BCUT2D eigenvalue weighted by atomic mass is 10.1. The Balaban J connectivity index is 1.74. The van der Waals surface area contributed by atoms with Gasteiger partial charge in [-0.2, -0.15) is 5.10 Å². The number of ketones is 1. The predicted octanol–water partition coefficient (Wildman–Crippen LogP) is 4.12. The van der Waals surface area contributed by atoms with Crippen LogP contribution in [0.5, 0.6) is 11.5 Å². The van der Waals surface area contributed by atoms with Crippen LogP contribution in [0.3, 0.4) is 0 Å². The normalized spacial score (nSPS) is 10.9. The van der Waals surface area contributed by atoms with Gasteiger partial charge in [0.15, 0.2) is 5.78 Å². The molecule has 0 radical (unpaired) electrons. The van der Waals surface area contributed by atoms with Gasteiger partial charge in [-0.3, -0.25) is 19.6 Å². The highest BCUT2D eigenvalue weighted by Crippen LogP contribution is 2.26. The summed E-state index contributed by atoms with van der Waals surface area (Å²) in [5.41, 5.74) is 2.68.